The molecule has 1 aliphatic carbocycles. The lowest BCUT2D eigenvalue weighted by Gasteiger charge is -2.42. The number of amides is 7. The van der Waals surface area contributed by atoms with Gasteiger partial charge < -0.3 is 59.1 Å². The summed E-state index contributed by atoms with van der Waals surface area (Å²) in [5.74, 6) is -4.22. The maximum atomic E-state index is 14.6. The van der Waals surface area contributed by atoms with Gasteiger partial charge in [0.1, 0.15) is 52.5 Å². The number of aromatic hydroxyl groups is 1. The summed E-state index contributed by atoms with van der Waals surface area (Å²) in [7, 11) is 7.12. The molecular weight excluding hydrogens is 1550 g/mol. The van der Waals surface area contributed by atoms with Crippen LogP contribution >= 0.6 is 23.4 Å². The highest BCUT2D eigenvalue weighted by Gasteiger charge is 2.65. The van der Waals surface area contributed by atoms with Gasteiger partial charge in [0.25, 0.3) is 0 Å². The van der Waals surface area contributed by atoms with Gasteiger partial charge in [0.05, 0.1) is 60.5 Å². The number of hydrogen-bond donors (Lipinski definition) is 5. The van der Waals surface area contributed by atoms with E-state index in [0.717, 1.165) is 33.9 Å². The third kappa shape index (κ3) is 23.2. The molecule has 1 saturated carbocycles. The number of aliphatic hydroxyl groups is 1. The number of imide groups is 1. The van der Waals surface area contributed by atoms with E-state index in [4.69, 9.17) is 40.0 Å². The van der Waals surface area contributed by atoms with Crippen LogP contribution in [0.25, 0.3) is 0 Å². The van der Waals surface area contributed by atoms with Crippen molar-refractivity contribution in [3.8, 4) is 11.5 Å². The minimum Gasteiger partial charge on any atom is -0.507 e. The van der Waals surface area contributed by atoms with E-state index >= 15 is 0 Å². The van der Waals surface area contributed by atoms with Gasteiger partial charge in [-0.2, -0.15) is 0 Å². The molecule has 4 bridgehead atoms. The van der Waals surface area contributed by atoms with E-state index < -0.39 is 101 Å². The Morgan fingerprint density at radius 3 is 1.93 bits per heavy atom. The summed E-state index contributed by atoms with van der Waals surface area (Å²) < 4.78 is 35.0. The third-order valence-corrected chi connectivity index (χ3v) is 24.3. The van der Waals surface area contributed by atoms with Crippen molar-refractivity contribution in [2.45, 2.75) is 197 Å². The Morgan fingerprint density at radius 1 is 0.788 bits per heavy atom. The number of likely N-dealkylation sites (N-methyl/N-ethyl adjacent to an activating group) is 1. The molecule has 118 heavy (non-hydrogen) atoms. The first kappa shape index (κ1) is 88.6. The van der Waals surface area contributed by atoms with Crippen molar-refractivity contribution in [1.82, 2.24) is 55.5 Å². The summed E-state index contributed by atoms with van der Waals surface area (Å²) in [5, 5.41) is 32.2. The van der Waals surface area contributed by atoms with Crippen molar-refractivity contribution < 1.29 is 81.8 Å². The molecule has 4 aromatic heterocycles. The average molecular weight is 1660 g/mol. The normalized spacial score (nSPS) is 24.0. The molecule has 5 aliphatic rings. The van der Waals surface area contributed by atoms with Crippen molar-refractivity contribution in [2.75, 3.05) is 59.2 Å². The second-order valence-corrected chi connectivity index (χ2v) is 33.0. The number of carbonyl (C=O) groups excluding carboxylic acids is 9. The van der Waals surface area contributed by atoms with Gasteiger partial charge in [-0.3, -0.25) is 68.7 Å². The first-order chi connectivity index (χ1) is 56.6. The van der Waals surface area contributed by atoms with Crippen LogP contribution in [0.1, 0.15) is 137 Å². The lowest BCUT2D eigenvalue weighted by atomic mass is 9.81. The largest absolute Gasteiger partial charge is 0.507 e. The van der Waals surface area contributed by atoms with Gasteiger partial charge >= 0.3 is 18.0 Å². The predicted molar refractivity (Wildman–Crippen MR) is 439 cm³/mol. The van der Waals surface area contributed by atoms with Crippen molar-refractivity contribution in [2.24, 2.45) is 17.8 Å². The second kappa shape index (κ2) is 41.0. The number of allylic oxidation sites excluding steroid dienone is 3. The molecule has 0 radical (unpaired) electrons. The number of thioether (sulfide) groups is 1. The summed E-state index contributed by atoms with van der Waals surface area (Å²) in [6, 6.07) is 27.8. The number of anilines is 1. The Labute approximate surface area is 697 Å². The van der Waals surface area contributed by atoms with Crippen LogP contribution in [0.4, 0.5) is 10.5 Å². The summed E-state index contributed by atoms with van der Waals surface area (Å²) in [6.45, 7) is 9.45. The minimum atomic E-state index is -1.91. The van der Waals surface area contributed by atoms with Crippen molar-refractivity contribution >= 4 is 82.5 Å². The van der Waals surface area contributed by atoms with Crippen molar-refractivity contribution in [3.05, 3.63) is 196 Å². The molecule has 10 atom stereocenters. The molecule has 3 unspecified atom stereocenters. The van der Waals surface area contributed by atoms with Crippen LogP contribution in [0.5, 0.6) is 11.5 Å². The number of esters is 2. The Hall–Kier alpha value is -10.2. The molecule has 2 aromatic carbocycles. The molecule has 630 valence electrons. The van der Waals surface area contributed by atoms with Crippen molar-refractivity contribution in [3.63, 3.8) is 0 Å². The number of nitrogens with zero attached hydrogens (tertiary/aromatic N) is 9. The first-order valence-corrected chi connectivity index (χ1v) is 41.4. The highest BCUT2D eigenvalue weighted by atomic mass is 35.5. The van der Waals surface area contributed by atoms with E-state index in [-0.39, 0.29) is 111 Å². The molecule has 8 heterocycles. The number of epoxide rings is 1. The Balaban J connectivity index is 0.652. The zero-order chi connectivity index (χ0) is 84.4. The van der Waals surface area contributed by atoms with Crippen LogP contribution in [0, 0.1) is 17.8 Å². The number of phenols is 1. The molecule has 7 amide bonds. The van der Waals surface area contributed by atoms with Crippen LogP contribution < -0.4 is 25.6 Å². The lowest BCUT2D eigenvalue weighted by Crippen LogP contribution is -2.63. The number of rotatable bonds is 32. The number of methoxy groups -OCH3 is 3. The zero-order valence-corrected chi connectivity index (χ0v) is 69.8. The van der Waals surface area contributed by atoms with Gasteiger partial charge in [0.15, 0.2) is 5.72 Å². The van der Waals surface area contributed by atoms with E-state index in [0.29, 0.717) is 86.4 Å². The number of fused-ring (bicyclic) bond motifs is 5. The van der Waals surface area contributed by atoms with E-state index in [1.54, 1.807) is 70.0 Å². The van der Waals surface area contributed by atoms with Gasteiger partial charge in [-0.25, -0.2) is 14.4 Å². The second-order valence-electron chi connectivity index (χ2n) is 31.4. The van der Waals surface area contributed by atoms with Gasteiger partial charge in [-0.05, 0) is 137 Å². The number of alkyl carbamates (subject to hydrolysis) is 1. The predicted octanol–water partition coefficient (Wildman–Crippen LogP) is 9.06. The van der Waals surface area contributed by atoms with Gasteiger partial charge in [-0.15, -0.1) is 11.8 Å². The summed E-state index contributed by atoms with van der Waals surface area (Å²) in [5.41, 5.74) is 3.79. The molecule has 11 rings (SSSR count). The number of halogens is 1. The minimum absolute atomic E-state index is 0.0165. The van der Waals surface area contributed by atoms with Crippen LogP contribution in [0.3, 0.4) is 0 Å². The molecule has 4 aliphatic heterocycles. The van der Waals surface area contributed by atoms with Crippen LogP contribution in [-0.2, 0) is 114 Å². The number of pyridine rings is 4. The van der Waals surface area contributed by atoms with Crippen molar-refractivity contribution in [1.29, 1.82) is 0 Å². The third-order valence-electron chi connectivity index (χ3n) is 22.7. The molecule has 0 spiro atoms. The molecule has 3 saturated heterocycles. The number of aromatic nitrogens is 4. The molecule has 29 nitrogen and oxygen atoms in total. The fourth-order valence-corrected chi connectivity index (χ4v) is 17.3. The smallest absolute Gasteiger partial charge is 0.409 e. The Morgan fingerprint density at radius 2 is 1.38 bits per heavy atom. The zero-order valence-electron chi connectivity index (χ0n) is 68.2. The van der Waals surface area contributed by atoms with Crippen LogP contribution in [-0.4, -0.2) is 211 Å². The summed E-state index contributed by atoms with van der Waals surface area (Å²) >= 11 is 8.06. The molecule has 6 aromatic rings. The highest BCUT2D eigenvalue weighted by molar-refractivity contribution is 8.00. The van der Waals surface area contributed by atoms with E-state index in [9.17, 15) is 53.4 Å². The van der Waals surface area contributed by atoms with Gasteiger partial charge in [-0.1, -0.05) is 78.7 Å². The number of benzene rings is 2. The Bertz CT molecular complexity index is 4400. The Kier molecular flexibility index (Phi) is 30.8. The number of carbonyl (C=O) groups is 9. The average Bonchev–Trinajstić information content (AvgIpc) is 1.57. The number of nitrogens with one attached hydrogen (secondary N) is 3. The number of likely N-dealkylation sites (tertiary alicyclic amines) is 1. The van der Waals surface area contributed by atoms with Gasteiger partial charge in [0.2, 0.25) is 35.4 Å². The van der Waals surface area contributed by atoms with Crippen LogP contribution in [0.15, 0.2) is 146 Å². The number of phenolic OH excluding ortho intramolecular Hbond substituents is 1. The van der Waals surface area contributed by atoms with E-state index in [1.807, 2.05) is 97.9 Å². The fraction of sp³-hybridized carbons (Fsp3) is 0.483. The topological polar surface area (TPSA) is 357 Å². The van der Waals surface area contributed by atoms with Crippen LogP contribution in [0.2, 0.25) is 5.02 Å². The quantitative estimate of drug-likeness (QED) is 0.00863. The maximum absolute atomic E-state index is 14.6. The molecule has 31 heteroatoms. The fourth-order valence-electron chi connectivity index (χ4n) is 15.9. The molecule has 5 N–H and O–H groups in total. The van der Waals surface area contributed by atoms with Gasteiger partial charge in [0, 0.05) is 159 Å². The van der Waals surface area contributed by atoms with E-state index in [1.165, 1.54) is 61.8 Å². The first-order valence-electron chi connectivity index (χ1n) is 40.0. The standard InChI is InChI=1S/C87H107ClN12O17S/c1-54-20-18-25-72(113-8)87(111)46-70(115-85(110)95-87)55(2)80-86(4,117-80)73(45-76(103)97(6)68-42-58(38-54)43-69(112-7)78(68)88)116-83(108)56(3)96(5)75(102)31-37-118-71-44-77(104)100(82(71)107)47-57-27-29-60(30-28-57)81(106)93-36-19-26-74(101)94-67(84(109)114-9)41-59-39-61(48-98(50-63-21-10-14-32-89-63)51-64-22-11-15-33-90-64)79(105)62(40-59)49-99(52-65-23-12-16-34-91-65)53-66-24-13-17-35-92-66/h10-18,20-25,32-35,39-40,42-43,55-57,60,67,70-73,80,105,111H,19,26-31,36-38,41,44-53H2,1-9H3,(H,93,106)(H,94,101)(H,95,110)/b25-18+,54-20+/t55-,56+,57?,60?,67?,70+,71?,72-,73?,80+,86-,87+/m1/s1. The summed E-state index contributed by atoms with van der Waals surface area (Å²) in [4.78, 5) is 151. The molecular formula is C87H107ClN12O17S. The maximum Gasteiger partial charge on any atom is 0.409 e. The lowest BCUT2D eigenvalue weighted by molar-refractivity contribution is -0.162. The highest BCUT2D eigenvalue weighted by Crippen LogP contribution is 2.50. The van der Waals surface area contributed by atoms with E-state index in [2.05, 4.69) is 45.7 Å². The monoisotopic (exact) mass is 1660 g/mol. The SMILES string of the molecule is COC(=O)C(Cc1cc(CN(Cc2ccccn2)Cc2ccccn2)c(O)c(CN(Cc2ccccn2)Cc2ccccn2)c1)NC(=O)CCCNC(=O)C1CCC(CN2C(=O)CC(SCCC(=O)N(C)[C@@H](C)C(=O)OC3CC(=O)N(C)c4cc(cc(OC)c4Cl)C/C(C)=C/C=C/[C@@H](OC)[C@@]4(O)C[C@H](OC(=O)N4)[C@@H](C)[C@@H]4O[C@]34C)C2=O)CC1. The number of ether oxygens (including phenoxy) is 6. The summed E-state index contributed by atoms with van der Waals surface area (Å²) in [6.07, 6.45) is 9.44. The molecule has 4 fully saturated rings. The number of hydrogen-bond acceptors (Lipinski definition) is 24.